The molecule has 20 heavy (non-hydrogen) atoms. The second kappa shape index (κ2) is 4.92. The lowest BCUT2D eigenvalue weighted by Gasteiger charge is -2.06. The van der Waals surface area contributed by atoms with Gasteiger partial charge in [-0.1, -0.05) is 25.1 Å². The Kier molecular flexibility index (Phi) is 3.10. The molecule has 0 unspecified atom stereocenters. The molecule has 0 aliphatic rings. The smallest absolute Gasteiger partial charge is 0.174 e. The number of hydrogen-bond acceptors (Lipinski definition) is 5. The topological polar surface area (TPSA) is 77.8 Å². The first kappa shape index (κ1) is 12.6. The van der Waals surface area contributed by atoms with Crippen molar-refractivity contribution in [3.8, 4) is 11.3 Å². The second-order valence-electron chi connectivity index (χ2n) is 5.20. The Bertz CT molecular complexity index is 743. The van der Waals surface area contributed by atoms with Gasteiger partial charge in [0.15, 0.2) is 11.6 Å². The highest BCUT2D eigenvalue weighted by molar-refractivity contribution is 5.91. The fraction of sp³-hybridized carbons (Fsp3) is 0.267. The van der Waals surface area contributed by atoms with Gasteiger partial charge in [0.2, 0.25) is 0 Å². The zero-order valence-corrected chi connectivity index (χ0v) is 11.5. The van der Waals surface area contributed by atoms with Crippen LogP contribution < -0.4 is 5.73 Å². The zero-order chi connectivity index (χ0) is 14.1. The number of para-hydroxylation sites is 1. The number of benzene rings is 1. The monoisotopic (exact) mass is 268 g/mol. The van der Waals surface area contributed by atoms with Gasteiger partial charge < -0.3 is 10.3 Å². The van der Waals surface area contributed by atoms with Crippen molar-refractivity contribution >= 4 is 16.9 Å². The van der Waals surface area contributed by atoms with Gasteiger partial charge in [0.05, 0.1) is 11.0 Å². The van der Waals surface area contributed by atoms with E-state index in [1.165, 1.54) is 0 Å². The van der Waals surface area contributed by atoms with Crippen LogP contribution in [0, 0.1) is 5.92 Å². The van der Waals surface area contributed by atoms with Crippen LogP contribution in [0.3, 0.4) is 0 Å². The van der Waals surface area contributed by atoms with Gasteiger partial charge in [-0.15, -0.1) is 0 Å². The summed E-state index contributed by atoms with van der Waals surface area (Å²) in [6.07, 6.45) is 4.17. The highest BCUT2D eigenvalue weighted by Gasteiger charge is 2.19. The van der Waals surface area contributed by atoms with E-state index in [4.69, 9.17) is 10.3 Å². The van der Waals surface area contributed by atoms with Crippen molar-refractivity contribution in [2.45, 2.75) is 20.3 Å². The molecule has 2 aromatic heterocycles. The number of nitrogens with two attached hydrogens (primary N) is 1. The van der Waals surface area contributed by atoms with Gasteiger partial charge >= 0.3 is 0 Å². The molecule has 2 heterocycles. The Balaban J connectivity index is 2.21. The molecule has 5 heteroatoms. The molecule has 0 fully saturated rings. The van der Waals surface area contributed by atoms with Crippen molar-refractivity contribution in [1.29, 1.82) is 0 Å². The first-order valence-electron chi connectivity index (χ1n) is 6.61. The summed E-state index contributed by atoms with van der Waals surface area (Å²) in [7, 11) is 0. The van der Waals surface area contributed by atoms with E-state index < -0.39 is 0 Å². The molecule has 1 aromatic carbocycles. The van der Waals surface area contributed by atoms with E-state index in [1.807, 2.05) is 18.2 Å². The Morgan fingerprint density at radius 1 is 1.20 bits per heavy atom. The summed E-state index contributed by atoms with van der Waals surface area (Å²) in [6.45, 7) is 4.28. The third kappa shape index (κ3) is 2.11. The molecule has 102 valence electrons. The first-order chi connectivity index (χ1) is 9.66. The molecule has 0 atom stereocenters. The summed E-state index contributed by atoms with van der Waals surface area (Å²) in [5.74, 6) is 1.62. The predicted octanol–water partition coefficient (Wildman–Crippen LogP) is 3.07. The van der Waals surface area contributed by atoms with Crippen LogP contribution in [0.4, 0.5) is 5.82 Å². The van der Waals surface area contributed by atoms with Crippen LogP contribution in [-0.4, -0.2) is 15.1 Å². The van der Waals surface area contributed by atoms with Crippen molar-refractivity contribution in [3.63, 3.8) is 0 Å². The average Bonchev–Trinajstić information content (AvgIpc) is 2.79. The number of rotatable bonds is 3. The quantitative estimate of drug-likeness (QED) is 0.789. The minimum atomic E-state index is 0.453. The van der Waals surface area contributed by atoms with Gasteiger partial charge in [-0.3, -0.25) is 9.97 Å². The molecule has 0 amide bonds. The summed E-state index contributed by atoms with van der Waals surface area (Å²) < 4.78 is 5.45. The normalized spacial score (nSPS) is 11.3. The molecule has 0 radical (unpaired) electrons. The molecule has 0 spiro atoms. The zero-order valence-electron chi connectivity index (χ0n) is 11.5. The third-order valence-electron chi connectivity index (χ3n) is 3.17. The molecular formula is C15H16N4O. The van der Waals surface area contributed by atoms with E-state index in [9.17, 15) is 0 Å². The number of nitrogens with zero attached hydrogens (tertiary/aromatic N) is 3. The van der Waals surface area contributed by atoms with Crippen LogP contribution in [0.5, 0.6) is 0 Å². The van der Waals surface area contributed by atoms with Crippen LogP contribution in [0.1, 0.15) is 19.4 Å². The van der Waals surface area contributed by atoms with Gasteiger partial charge in [0.25, 0.3) is 0 Å². The van der Waals surface area contributed by atoms with Gasteiger partial charge in [-0.05, 0) is 24.5 Å². The molecule has 0 saturated heterocycles. The lowest BCUT2D eigenvalue weighted by Crippen LogP contribution is -1.99. The van der Waals surface area contributed by atoms with E-state index in [1.54, 1.807) is 12.4 Å². The molecular weight excluding hydrogens is 252 g/mol. The minimum Gasteiger partial charge on any atom is -0.381 e. The van der Waals surface area contributed by atoms with E-state index in [0.717, 1.165) is 28.6 Å². The summed E-state index contributed by atoms with van der Waals surface area (Å²) in [5.41, 5.74) is 9.39. The maximum Gasteiger partial charge on any atom is 0.174 e. The van der Waals surface area contributed by atoms with Crippen LogP contribution in [-0.2, 0) is 6.42 Å². The molecule has 0 aliphatic heterocycles. The van der Waals surface area contributed by atoms with Crippen LogP contribution >= 0.6 is 0 Å². The molecule has 0 saturated carbocycles. The van der Waals surface area contributed by atoms with Crippen molar-refractivity contribution < 1.29 is 4.52 Å². The highest BCUT2D eigenvalue weighted by atomic mass is 16.5. The summed E-state index contributed by atoms with van der Waals surface area (Å²) in [4.78, 5) is 8.70. The Labute approximate surface area is 116 Å². The lowest BCUT2D eigenvalue weighted by molar-refractivity contribution is 0.434. The maximum absolute atomic E-state index is 5.93. The van der Waals surface area contributed by atoms with Gasteiger partial charge in [-0.2, -0.15) is 0 Å². The van der Waals surface area contributed by atoms with E-state index >= 15 is 0 Å². The molecule has 0 bridgehead atoms. The molecule has 5 nitrogen and oxygen atoms in total. The molecule has 0 aliphatic carbocycles. The minimum absolute atomic E-state index is 0.453. The molecule has 3 aromatic rings. The Hall–Kier alpha value is -2.43. The number of aromatic nitrogens is 3. The maximum atomic E-state index is 5.93. The van der Waals surface area contributed by atoms with Crippen LogP contribution in [0.15, 0.2) is 35.1 Å². The summed E-state index contributed by atoms with van der Waals surface area (Å²) in [6, 6.07) is 5.82. The van der Waals surface area contributed by atoms with Crippen LogP contribution in [0.2, 0.25) is 0 Å². The fourth-order valence-corrected chi connectivity index (χ4v) is 2.31. The molecule has 3 rings (SSSR count). The number of hydrogen-bond donors (Lipinski definition) is 1. The average molecular weight is 268 g/mol. The number of anilines is 1. The first-order valence-corrected chi connectivity index (χ1v) is 6.61. The van der Waals surface area contributed by atoms with Gasteiger partial charge in [0.1, 0.15) is 0 Å². The van der Waals surface area contributed by atoms with Crippen LogP contribution in [0.25, 0.3) is 22.4 Å². The Morgan fingerprint density at radius 3 is 2.80 bits per heavy atom. The van der Waals surface area contributed by atoms with Gasteiger partial charge in [-0.25, -0.2) is 0 Å². The van der Waals surface area contributed by atoms with Gasteiger partial charge in [0, 0.05) is 23.5 Å². The van der Waals surface area contributed by atoms with E-state index in [2.05, 4.69) is 29.0 Å². The summed E-state index contributed by atoms with van der Waals surface area (Å²) in [5, 5.41) is 3.91. The third-order valence-corrected chi connectivity index (χ3v) is 3.17. The standard InChI is InChI=1S/C15H16N4O/c1-9(2)8-11-14(20-19-15(11)16)10-4-3-5-12-13(10)18-7-6-17-12/h3-7,9H,8H2,1-2H3,(H2,16,19). The van der Waals surface area contributed by atoms with Crippen molar-refractivity contribution in [3.05, 3.63) is 36.2 Å². The SMILES string of the molecule is CC(C)Cc1c(N)noc1-c1cccc2nccnc12. The summed E-state index contributed by atoms with van der Waals surface area (Å²) >= 11 is 0. The van der Waals surface area contributed by atoms with E-state index in [0.29, 0.717) is 17.5 Å². The number of fused-ring (bicyclic) bond motifs is 1. The highest BCUT2D eigenvalue weighted by Crippen LogP contribution is 2.33. The van der Waals surface area contributed by atoms with Crippen molar-refractivity contribution in [1.82, 2.24) is 15.1 Å². The number of nitrogen functional groups attached to an aromatic ring is 1. The fourth-order valence-electron chi connectivity index (χ4n) is 2.31. The lowest BCUT2D eigenvalue weighted by atomic mass is 9.99. The second-order valence-corrected chi connectivity index (χ2v) is 5.20. The van der Waals surface area contributed by atoms with E-state index in [-0.39, 0.29) is 0 Å². The predicted molar refractivity (Wildman–Crippen MR) is 78.0 cm³/mol. The van der Waals surface area contributed by atoms with Crippen molar-refractivity contribution in [2.24, 2.45) is 5.92 Å². The largest absolute Gasteiger partial charge is 0.381 e. The Morgan fingerprint density at radius 2 is 2.00 bits per heavy atom. The molecule has 2 N–H and O–H groups in total. The van der Waals surface area contributed by atoms with Crippen molar-refractivity contribution in [2.75, 3.05) is 5.73 Å².